The van der Waals surface area contributed by atoms with E-state index in [-0.39, 0.29) is 0 Å². The van der Waals surface area contributed by atoms with Crippen LogP contribution in [0.4, 0.5) is 5.82 Å². The van der Waals surface area contributed by atoms with Crippen LogP contribution in [0, 0.1) is 0 Å². The summed E-state index contributed by atoms with van der Waals surface area (Å²) in [6, 6.07) is 4.41. The van der Waals surface area contributed by atoms with Crippen LogP contribution in [0.25, 0.3) is 11.1 Å². The lowest BCUT2D eigenvalue weighted by Crippen LogP contribution is -2.15. The molecule has 3 heterocycles. The van der Waals surface area contributed by atoms with Crippen LogP contribution in [0.5, 0.6) is 0 Å². The van der Waals surface area contributed by atoms with Gasteiger partial charge in [-0.3, -0.25) is 4.68 Å². The Morgan fingerprint density at radius 2 is 2.11 bits per heavy atom. The van der Waals surface area contributed by atoms with Crippen molar-refractivity contribution in [3.63, 3.8) is 0 Å². The van der Waals surface area contributed by atoms with Gasteiger partial charge in [0.05, 0.1) is 12.2 Å². The minimum Gasteiger partial charge on any atom is -0.384 e. The van der Waals surface area contributed by atoms with E-state index in [4.69, 9.17) is 5.73 Å². The molecule has 1 fully saturated rings. The van der Waals surface area contributed by atoms with Crippen molar-refractivity contribution in [2.75, 3.05) is 17.2 Å². The zero-order valence-electron chi connectivity index (χ0n) is 10.1. The molecule has 1 aliphatic heterocycles. The maximum Gasteiger partial charge on any atom is 0.123 e. The first-order valence-electron chi connectivity index (χ1n) is 6.17. The fourth-order valence-corrected chi connectivity index (χ4v) is 3.35. The molecular formula is C13H16N4S. The van der Waals surface area contributed by atoms with Crippen molar-refractivity contribution in [3.05, 3.63) is 30.7 Å². The molecular weight excluding hydrogens is 244 g/mol. The summed E-state index contributed by atoms with van der Waals surface area (Å²) in [7, 11) is 0. The first-order valence-corrected chi connectivity index (χ1v) is 7.32. The van der Waals surface area contributed by atoms with E-state index in [1.54, 1.807) is 6.20 Å². The summed E-state index contributed by atoms with van der Waals surface area (Å²) in [5.41, 5.74) is 7.90. The summed E-state index contributed by atoms with van der Waals surface area (Å²) in [6.45, 7) is 0. The molecule has 0 amide bonds. The van der Waals surface area contributed by atoms with E-state index >= 15 is 0 Å². The highest BCUT2D eigenvalue weighted by Crippen LogP contribution is 2.28. The SMILES string of the molecule is Nc1cc(-c2cnn(C3CCSCC3)c2)ccn1. The molecule has 94 valence electrons. The van der Waals surface area contributed by atoms with Gasteiger partial charge in [0.15, 0.2) is 0 Å². The molecule has 0 unspecified atom stereocenters. The number of nitrogen functional groups attached to an aromatic ring is 1. The predicted molar refractivity (Wildman–Crippen MR) is 75.5 cm³/mol. The Kier molecular flexibility index (Phi) is 3.23. The molecule has 0 aliphatic carbocycles. The second-order valence-corrected chi connectivity index (χ2v) is 5.75. The number of rotatable bonds is 2. The third kappa shape index (κ3) is 2.36. The third-order valence-electron chi connectivity index (χ3n) is 3.28. The summed E-state index contributed by atoms with van der Waals surface area (Å²) in [6.07, 6.45) is 8.19. The van der Waals surface area contributed by atoms with Gasteiger partial charge >= 0.3 is 0 Å². The molecule has 18 heavy (non-hydrogen) atoms. The van der Waals surface area contributed by atoms with Crippen LogP contribution < -0.4 is 5.73 Å². The van der Waals surface area contributed by atoms with E-state index in [0.717, 1.165) is 11.1 Å². The van der Waals surface area contributed by atoms with Crippen molar-refractivity contribution < 1.29 is 0 Å². The van der Waals surface area contributed by atoms with Crippen LogP contribution >= 0.6 is 11.8 Å². The number of nitrogens with two attached hydrogens (primary N) is 1. The second-order valence-electron chi connectivity index (χ2n) is 4.52. The number of anilines is 1. The molecule has 2 aromatic rings. The van der Waals surface area contributed by atoms with Crippen LogP contribution in [0.1, 0.15) is 18.9 Å². The Hall–Kier alpha value is -1.49. The molecule has 0 radical (unpaired) electrons. The molecule has 0 spiro atoms. The van der Waals surface area contributed by atoms with Crippen LogP contribution in [0.3, 0.4) is 0 Å². The quantitative estimate of drug-likeness (QED) is 0.901. The fraction of sp³-hybridized carbons (Fsp3) is 0.385. The molecule has 2 N–H and O–H groups in total. The van der Waals surface area contributed by atoms with Crippen molar-refractivity contribution in [3.8, 4) is 11.1 Å². The number of aromatic nitrogens is 3. The van der Waals surface area contributed by atoms with Gasteiger partial charge in [-0.05, 0) is 42.0 Å². The summed E-state index contributed by atoms with van der Waals surface area (Å²) in [4.78, 5) is 4.01. The first-order chi connectivity index (χ1) is 8.83. The number of nitrogens with zero attached hydrogens (tertiary/aromatic N) is 3. The Morgan fingerprint density at radius 3 is 2.89 bits per heavy atom. The van der Waals surface area contributed by atoms with E-state index in [0.29, 0.717) is 11.9 Å². The van der Waals surface area contributed by atoms with Crippen LogP contribution in [-0.2, 0) is 0 Å². The average Bonchev–Trinajstić information content (AvgIpc) is 2.89. The van der Waals surface area contributed by atoms with Crippen LogP contribution in [-0.4, -0.2) is 26.3 Å². The van der Waals surface area contributed by atoms with Crippen molar-refractivity contribution >= 4 is 17.6 Å². The van der Waals surface area contributed by atoms with E-state index in [1.165, 1.54) is 24.3 Å². The van der Waals surface area contributed by atoms with E-state index < -0.39 is 0 Å². The van der Waals surface area contributed by atoms with Gasteiger partial charge in [0, 0.05) is 18.0 Å². The molecule has 1 saturated heterocycles. The van der Waals surface area contributed by atoms with Gasteiger partial charge in [-0.2, -0.15) is 16.9 Å². The number of hydrogen-bond donors (Lipinski definition) is 1. The van der Waals surface area contributed by atoms with Crippen LogP contribution in [0.15, 0.2) is 30.7 Å². The van der Waals surface area contributed by atoms with E-state index in [9.17, 15) is 0 Å². The molecule has 0 aromatic carbocycles. The van der Waals surface area contributed by atoms with Gasteiger partial charge in [0.2, 0.25) is 0 Å². The molecule has 3 rings (SSSR count). The Bertz CT molecular complexity index is 531. The van der Waals surface area contributed by atoms with Gasteiger partial charge < -0.3 is 5.73 Å². The molecule has 5 heteroatoms. The minimum absolute atomic E-state index is 0.550. The minimum atomic E-state index is 0.550. The molecule has 0 bridgehead atoms. The lowest BCUT2D eigenvalue weighted by atomic mass is 10.1. The average molecular weight is 260 g/mol. The monoisotopic (exact) mass is 260 g/mol. The predicted octanol–water partition coefficient (Wildman–Crippen LogP) is 2.60. The zero-order chi connectivity index (χ0) is 12.4. The second kappa shape index (κ2) is 5.02. The molecule has 2 aromatic heterocycles. The summed E-state index contributed by atoms with van der Waals surface area (Å²) < 4.78 is 2.10. The standard InChI is InChI=1S/C13H16N4S/c14-13-7-10(1-4-15-13)11-8-16-17(9-11)12-2-5-18-6-3-12/h1,4,7-9,12H,2-3,5-6H2,(H2,14,15). The molecule has 0 atom stereocenters. The number of pyridine rings is 1. The Balaban J connectivity index is 1.84. The van der Waals surface area contributed by atoms with E-state index in [2.05, 4.69) is 21.0 Å². The van der Waals surface area contributed by atoms with Gasteiger partial charge in [0.25, 0.3) is 0 Å². The third-order valence-corrected chi connectivity index (χ3v) is 4.33. The maximum atomic E-state index is 5.70. The van der Waals surface area contributed by atoms with Gasteiger partial charge in [0.1, 0.15) is 5.82 Å². The van der Waals surface area contributed by atoms with Crippen molar-refractivity contribution in [1.82, 2.24) is 14.8 Å². The van der Waals surface area contributed by atoms with Gasteiger partial charge in [-0.25, -0.2) is 4.98 Å². The van der Waals surface area contributed by atoms with Gasteiger partial charge in [-0.1, -0.05) is 0 Å². The highest BCUT2D eigenvalue weighted by molar-refractivity contribution is 7.99. The van der Waals surface area contributed by atoms with Crippen molar-refractivity contribution in [2.45, 2.75) is 18.9 Å². The normalized spacial score (nSPS) is 16.9. The van der Waals surface area contributed by atoms with Crippen molar-refractivity contribution in [2.24, 2.45) is 0 Å². The largest absolute Gasteiger partial charge is 0.384 e. The molecule has 0 saturated carbocycles. The summed E-state index contributed by atoms with van der Waals surface area (Å²) in [5, 5.41) is 4.49. The van der Waals surface area contributed by atoms with Crippen molar-refractivity contribution in [1.29, 1.82) is 0 Å². The molecule has 1 aliphatic rings. The lowest BCUT2D eigenvalue weighted by Gasteiger charge is -2.21. The topological polar surface area (TPSA) is 56.7 Å². The summed E-state index contributed by atoms with van der Waals surface area (Å²) in [5.74, 6) is 3.03. The van der Waals surface area contributed by atoms with Crippen LogP contribution in [0.2, 0.25) is 0 Å². The lowest BCUT2D eigenvalue weighted by molar-refractivity contribution is 0.427. The highest BCUT2D eigenvalue weighted by Gasteiger charge is 2.16. The number of hydrogen-bond acceptors (Lipinski definition) is 4. The first kappa shape index (κ1) is 11.6. The smallest absolute Gasteiger partial charge is 0.123 e. The maximum absolute atomic E-state index is 5.70. The summed E-state index contributed by atoms with van der Waals surface area (Å²) >= 11 is 2.03. The number of thioether (sulfide) groups is 1. The van der Waals surface area contributed by atoms with Gasteiger partial charge in [-0.15, -0.1) is 0 Å². The Morgan fingerprint density at radius 1 is 1.28 bits per heavy atom. The Labute approximate surface area is 111 Å². The highest BCUT2D eigenvalue weighted by atomic mass is 32.2. The zero-order valence-corrected chi connectivity index (χ0v) is 10.9. The van der Waals surface area contributed by atoms with E-state index in [1.807, 2.05) is 30.1 Å². The molecule has 4 nitrogen and oxygen atoms in total. The fourth-order valence-electron chi connectivity index (χ4n) is 2.26.